The first-order chi connectivity index (χ1) is 19.0. The maximum absolute atomic E-state index is 12.5. The molecule has 7 nitrogen and oxygen atoms in total. The van der Waals surface area contributed by atoms with Gasteiger partial charge in [-0.05, 0) is 70.6 Å². The number of unbranched alkanes of at least 4 members (excludes halogenated alkanes) is 1. The summed E-state index contributed by atoms with van der Waals surface area (Å²) < 4.78 is 0.554. The summed E-state index contributed by atoms with van der Waals surface area (Å²) in [5, 5.41) is 14.7. The molecule has 0 unspecified atom stereocenters. The van der Waals surface area contributed by atoms with E-state index in [2.05, 4.69) is 78.0 Å². The van der Waals surface area contributed by atoms with Gasteiger partial charge in [-0.3, -0.25) is 9.59 Å². The first kappa shape index (κ1) is 31.7. The van der Waals surface area contributed by atoms with Gasteiger partial charge < -0.3 is 15.4 Å². The van der Waals surface area contributed by atoms with Crippen molar-refractivity contribution in [1.82, 2.24) is 15.2 Å². The molecule has 0 aliphatic carbocycles. The Balaban J connectivity index is 1.49. The van der Waals surface area contributed by atoms with Gasteiger partial charge in [0.25, 0.3) is 5.69 Å². The van der Waals surface area contributed by atoms with Crippen LogP contribution < -0.4 is 10.0 Å². The minimum absolute atomic E-state index is 0.000671. The zero-order valence-electron chi connectivity index (χ0n) is 23.8. The van der Waals surface area contributed by atoms with Crippen molar-refractivity contribution in [3.05, 3.63) is 89.7 Å². The number of rotatable bonds is 16. The highest BCUT2D eigenvalue weighted by atomic mass is 16.5. The SMILES string of the molecule is CC/C=C\C/C=C\C/C=C\C/C=C\C/C=C\CCCC(=O)N1CCC(CNC(=O)c2cnc(C)c[n+]2[O-])CC1. The third-order valence-electron chi connectivity index (χ3n) is 6.60. The smallest absolute Gasteiger partial charge is 0.319 e. The number of aromatic nitrogens is 2. The topological polar surface area (TPSA) is 89.2 Å². The average Bonchev–Trinajstić information content (AvgIpc) is 2.93. The first-order valence-corrected chi connectivity index (χ1v) is 14.4. The van der Waals surface area contributed by atoms with Crippen molar-refractivity contribution in [2.45, 2.75) is 78.1 Å². The van der Waals surface area contributed by atoms with Crippen LogP contribution in [0.15, 0.2) is 73.2 Å². The summed E-state index contributed by atoms with van der Waals surface area (Å²) in [7, 11) is 0. The van der Waals surface area contributed by atoms with Crippen molar-refractivity contribution in [2.24, 2.45) is 5.92 Å². The standard InChI is InChI=1S/C32H46N4O3/c1-3-4-5-6-7-8-9-10-11-12-13-14-15-16-17-18-19-20-31(37)35-23-21-29(22-24-35)25-34-32(38)30-26-33-28(2)27-36(30)39/h4-5,7-8,10-11,13-14,16-17,26-27,29H,3,6,9,12,15,18-25H2,1-2H3,(H,34,38)/b5-4-,8-7-,11-10-,14-13-,17-16-. The lowest BCUT2D eigenvalue weighted by molar-refractivity contribution is -0.608. The van der Waals surface area contributed by atoms with Crippen molar-refractivity contribution < 1.29 is 14.3 Å². The second-order valence-electron chi connectivity index (χ2n) is 9.87. The monoisotopic (exact) mass is 534 g/mol. The van der Waals surface area contributed by atoms with Gasteiger partial charge in [0.1, 0.15) is 11.9 Å². The van der Waals surface area contributed by atoms with Gasteiger partial charge in [-0.2, -0.15) is 4.73 Å². The van der Waals surface area contributed by atoms with E-state index in [9.17, 15) is 14.8 Å². The van der Waals surface area contributed by atoms with E-state index in [1.807, 2.05) is 4.90 Å². The Morgan fingerprint density at radius 3 is 2.10 bits per heavy atom. The fourth-order valence-electron chi connectivity index (χ4n) is 4.26. The maximum Gasteiger partial charge on any atom is 0.319 e. The lowest BCUT2D eigenvalue weighted by Crippen LogP contribution is -2.44. The molecule has 1 aliphatic rings. The molecular weight excluding hydrogens is 488 g/mol. The number of nitrogens with one attached hydrogen (secondary N) is 1. The third-order valence-corrected chi connectivity index (χ3v) is 6.60. The molecule has 0 bridgehead atoms. The molecule has 0 atom stereocenters. The van der Waals surface area contributed by atoms with Crippen LogP contribution in [0.5, 0.6) is 0 Å². The molecule has 2 amide bonds. The Morgan fingerprint density at radius 1 is 0.974 bits per heavy atom. The molecule has 1 aromatic heterocycles. The largest absolute Gasteiger partial charge is 0.618 e. The van der Waals surface area contributed by atoms with E-state index in [0.29, 0.717) is 42.4 Å². The molecule has 1 saturated heterocycles. The van der Waals surface area contributed by atoms with Crippen LogP contribution in [0.2, 0.25) is 0 Å². The van der Waals surface area contributed by atoms with Crippen LogP contribution in [-0.4, -0.2) is 41.3 Å². The van der Waals surface area contributed by atoms with E-state index in [4.69, 9.17) is 0 Å². The molecule has 0 saturated carbocycles. The van der Waals surface area contributed by atoms with Crippen LogP contribution in [0.1, 0.15) is 87.3 Å². The first-order valence-electron chi connectivity index (χ1n) is 14.4. The predicted molar refractivity (Wildman–Crippen MR) is 158 cm³/mol. The molecule has 0 aromatic carbocycles. The quantitative estimate of drug-likeness (QED) is 0.124. The number of nitrogens with zero attached hydrogens (tertiary/aromatic N) is 3. The number of amides is 2. The molecule has 1 fully saturated rings. The molecule has 0 spiro atoms. The van der Waals surface area contributed by atoms with Crippen molar-refractivity contribution in [2.75, 3.05) is 19.6 Å². The van der Waals surface area contributed by atoms with E-state index in [1.54, 1.807) is 6.92 Å². The van der Waals surface area contributed by atoms with E-state index in [-0.39, 0.29) is 11.6 Å². The fourth-order valence-corrected chi connectivity index (χ4v) is 4.26. The molecule has 1 aromatic rings. The molecule has 0 radical (unpaired) electrons. The lowest BCUT2D eigenvalue weighted by atomic mass is 9.96. The molecule has 7 heteroatoms. The van der Waals surface area contributed by atoms with Gasteiger partial charge in [-0.15, -0.1) is 0 Å². The summed E-state index contributed by atoms with van der Waals surface area (Å²) >= 11 is 0. The average molecular weight is 535 g/mol. The van der Waals surface area contributed by atoms with Crippen LogP contribution in [0.3, 0.4) is 0 Å². The summed E-state index contributed by atoms with van der Waals surface area (Å²) in [4.78, 5) is 30.8. The molecule has 39 heavy (non-hydrogen) atoms. The minimum Gasteiger partial charge on any atom is -0.618 e. The molecule has 2 heterocycles. The van der Waals surface area contributed by atoms with Crippen molar-refractivity contribution in [1.29, 1.82) is 0 Å². The third kappa shape index (κ3) is 13.8. The second kappa shape index (κ2) is 19.6. The second-order valence-corrected chi connectivity index (χ2v) is 9.87. The van der Waals surface area contributed by atoms with Crippen LogP contribution in [0.25, 0.3) is 0 Å². The van der Waals surface area contributed by atoms with Crippen LogP contribution in [0, 0.1) is 18.0 Å². The maximum atomic E-state index is 12.5. The number of carbonyl (C=O) groups is 2. The Hall–Kier alpha value is -3.48. The highest BCUT2D eigenvalue weighted by Crippen LogP contribution is 2.18. The van der Waals surface area contributed by atoms with Crippen molar-refractivity contribution >= 4 is 11.8 Å². The summed E-state index contributed by atoms with van der Waals surface area (Å²) in [5.74, 6) is 0.104. The van der Waals surface area contributed by atoms with E-state index < -0.39 is 5.91 Å². The number of hydrogen-bond donors (Lipinski definition) is 1. The number of allylic oxidation sites excluding steroid dienone is 10. The van der Waals surface area contributed by atoms with Crippen LogP contribution >= 0.6 is 0 Å². The molecular formula is C32H46N4O3. The summed E-state index contributed by atoms with van der Waals surface area (Å²) in [5.41, 5.74) is 0.567. The van der Waals surface area contributed by atoms with Crippen LogP contribution in [-0.2, 0) is 4.79 Å². The van der Waals surface area contributed by atoms with Crippen molar-refractivity contribution in [3.8, 4) is 0 Å². The Bertz CT molecular complexity index is 1020. The van der Waals surface area contributed by atoms with Gasteiger partial charge in [-0.25, -0.2) is 4.98 Å². The minimum atomic E-state index is -0.411. The summed E-state index contributed by atoms with van der Waals surface area (Å²) in [6.45, 7) is 5.78. The summed E-state index contributed by atoms with van der Waals surface area (Å²) in [6, 6.07) is 0. The highest BCUT2D eigenvalue weighted by Gasteiger charge is 2.24. The number of hydrogen-bond acceptors (Lipinski definition) is 4. The molecule has 1 N–H and O–H groups in total. The lowest BCUT2D eigenvalue weighted by Gasteiger charge is -2.32. The van der Waals surface area contributed by atoms with E-state index >= 15 is 0 Å². The van der Waals surface area contributed by atoms with Gasteiger partial charge in [0.15, 0.2) is 0 Å². The van der Waals surface area contributed by atoms with Gasteiger partial charge >= 0.3 is 5.91 Å². The van der Waals surface area contributed by atoms with Gasteiger partial charge in [0.05, 0.1) is 0 Å². The fraction of sp³-hybridized carbons (Fsp3) is 0.500. The predicted octanol–water partition coefficient (Wildman–Crippen LogP) is 5.91. The number of piperidine rings is 1. The van der Waals surface area contributed by atoms with Crippen LogP contribution in [0.4, 0.5) is 0 Å². The Kier molecular flexibility index (Phi) is 15.9. The number of likely N-dealkylation sites (tertiary alicyclic amines) is 1. The Labute approximate surface area is 234 Å². The number of aryl methyl sites for hydroxylation is 1. The zero-order valence-corrected chi connectivity index (χ0v) is 23.8. The van der Waals surface area contributed by atoms with E-state index in [1.165, 1.54) is 12.4 Å². The van der Waals surface area contributed by atoms with Gasteiger partial charge in [0.2, 0.25) is 12.1 Å². The van der Waals surface area contributed by atoms with Gasteiger partial charge in [-0.1, -0.05) is 67.7 Å². The highest BCUT2D eigenvalue weighted by molar-refractivity contribution is 5.90. The number of carbonyl (C=O) groups excluding carboxylic acids is 2. The van der Waals surface area contributed by atoms with Gasteiger partial charge in [0, 0.05) is 26.1 Å². The summed E-state index contributed by atoms with van der Waals surface area (Å²) in [6.07, 6.45) is 33.5. The molecule has 2 rings (SSSR count). The molecule has 1 aliphatic heterocycles. The van der Waals surface area contributed by atoms with E-state index in [0.717, 1.165) is 57.8 Å². The normalized spacial score (nSPS) is 15.1. The Morgan fingerprint density at radius 2 is 1.54 bits per heavy atom. The zero-order chi connectivity index (χ0) is 28.1. The molecule has 212 valence electrons. The van der Waals surface area contributed by atoms with Crippen molar-refractivity contribution in [3.63, 3.8) is 0 Å².